The molecule has 0 spiro atoms. The van der Waals surface area contributed by atoms with Crippen LogP contribution in [0.2, 0.25) is 0 Å². The van der Waals surface area contributed by atoms with Gasteiger partial charge in [-0.2, -0.15) is 0 Å². The van der Waals surface area contributed by atoms with Crippen LogP contribution in [0.15, 0.2) is 23.1 Å². The first-order valence-corrected chi connectivity index (χ1v) is 7.67. The van der Waals surface area contributed by atoms with Crippen molar-refractivity contribution in [2.24, 2.45) is 0 Å². The molecule has 0 atom stereocenters. The SMILES string of the molecule is CCc1ccc(S(=O)(=O)NC(C)C)cc1CNC. The van der Waals surface area contributed by atoms with Gasteiger partial charge in [0.15, 0.2) is 0 Å². The zero-order valence-corrected chi connectivity index (χ0v) is 12.3. The van der Waals surface area contributed by atoms with E-state index in [-0.39, 0.29) is 6.04 Å². The summed E-state index contributed by atoms with van der Waals surface area (Å²) in [5.41, 5.74) is 2.21. The molecule has 0 heterocycles. The van der Waals surface area contributed by atoms with Crippen molar-refractivity contribution >= 4 is 10.0 Å². The van der Waals surface area contributed by atoms with Gasteiger partial charge < -0.3 is 5.32 Å². The van der Waals surface area contributed by atoms with Crippen LogP contribution >= 0.6 is 0 Å². The molecule has 0 radical (unpaired) electrons. The van der Waals surface area contributed by atoms with Crippen molar-refractivity contribution in [3.63, 3.8) is 0 Å². The Morgan fingerprint density at radius 2 is 1.89 bits per heavy atom. The lowest BCUT2D eigenvalue weighted by Crippen LogP contribution is -2.30. The van der Waals surface area contributed by atoms with Crippen LogP contribution in [0.25, 0.3) is 0 Å². The molecule has 2 N–H and O–H groups in total. The molecule has 0 unspecified atom stereocenters. The predicted molar refractivity (Wildman–Crippen MR) is 74.0 cm³/mol. The van der Waals surface area contributed by atoms with E-state index < -0.39 is 10.0 Å². The molecule has 0 saturated heterocycles. The third-order valence-corrected chi connectivity index (χ3v) is 4.28. The third-order valence-electron chi connectivity index (χ3n) is 2.63. The van der Waals surface area contributed by atoms with Crippen molar-refractivity contribution in [2.75, 3.05) is 7.05 Å². The predicted octanol–water partition coefficient (Wildman–Crippen LogP) is 1.66. The number of rotatable bonds is 6. The second-order valence-electron chi connectivity index (χ2n) is 4.59. The minimum absolute atomic E-state index is 0.103. The van der Waals surface area contributed by atoms with E-state index in [1.807, 2.05) is 27.0 Å². The molecule has 0 aliphatic rings. The Morgan fingerprint density at radius 1 is 1.22 bits per heavy atom. The van der Waals surface area contributed by atoms with Gasteiger partial charge in [-0.3, -0.25) is 0 Å². The molecule has 0 amide bonds. The zero-order chi connectivity index (χ0) is 13.8. The van der Waals surface area contributed by atoms with E-state index in [2.05, 4.69) is 17.0 Å². The van der Waals surface area contributed by atoms with E-state index in [1.165, 1.54) is 5.56 Å². The summed E-state index contributed by atoms with van der Waals surface area (Å²) >= 11 is 0. The maximum Gasteiger partial charge on any atom is 0.240 e. The highest BCUT2D eigenvalue weighted by molar-refractivity contribution is 7.89. The van der Waals surface area contributed by atoms with Gasteiger partial charge in [-0.05, 0) is 50.6 Å². The molecule has 1 aromatic carbocycles. The average molecular weight is 270 g/mol. The summed E-state index contributed by atoms with van der Waals surface area (Å²) < 4.78 is 26.7. The molecule has 4 nitrogen and oxygen atoms in total. The summed E-state index contributed by atoms with van der Waals surface area (Å²) in [6.45, 7) is 6.36. The number of hydrogen-bond acceptors (Lipinski definition) is 3. The second-order valence-corrected chi connectivity index (χ2v) is 6.30. The first-order valence-electron chi connectivity index (χ1n) is 6.19. The molecule has 0 aliphatic heterocycles. The normalized spacial score (nSPS) is 12.1. The van der Waals surface area contributed by atoms with Gasteiger partial charge in [-0.25, -0.2) is 13.1 Å². The van der Waals surface area contributed by atoms with Crippen LogP contribution in [0, 0.1) is 0 Å². The smallest absolute Gasteiger partial charge is 0.240 e. The number of hydrogen-bond donors (Lipinski definition) is 2. The van der Waals surface area contributed by atoms with Gasteiger partial charge in [0.05, 0.1) is 4.90 Å². The van der Waals surface area contributed by atoms with Gasteiger partial charge in [0.25, 0.3) is 0 Å². The Labute approximate surface area is 110 Å². The Hall–Kier alpha value is -0.910. The van der Waals surface area contributed by atoms with Crippen LogP contribution in [0.3, 0.4) is 0 Å². The summed E-state index contributed by atoms with van der Waals surface area (Å²) in [5.74, 6) is 0. The second kappa shape index (κ2) is 6.31. The third kappa shape index (κ3) is 3.80. The zero-order valence-electron chi connectivity index (χ0n) is 11.4. The molecular formula is C13H22N2O2S. The standard InChI is InChI=1S/C13H22N2O2S/c1-5-11-6-7-13(8-12(11)9-14-4)18(16,17)15-10(2)3/h6-8,10,14-15H,5,9H2,1-4H3. The summed E-state index contributed by atoms with van der Waals surface area (Å²) in [6, 6.07) is 5.21. The van der Waals surface area contributed by atoms with Gasteiger partial charge in [-0.15, -0.1) is 0 Å². The average Bonchev–Trinajstić information content (AvgIpc) is 2.27. The fourth-order valence-electron chi connectivity index (χ4n) is 1.85. The van der Waals surface area contributed by atoms with Gasteiger partial charge in [-0.1, -0.05) is 13.0 Å². The Morgan fingerprint density at radius 3 is 2.39 bits per heavy atom. The Bertz CT molecular complexity index is 496. The highest BCUT2D eigenvalue weighted by Gasteiger charge is 2.16. The van der Waals surface area contributed by atoms with E-state index in [4.69, 9.17) is 0 Å². The number of benzene rings is 1. The molecule has 0 aliphatic carbocycles. The molecule has 0 saturated carbocycles. The van der Waals surface area contributed by atoms with E-state index in [9.17, 15) is 8.42 Å². The quantitative estimate of drug-likeness (QED) is 0.826. The van der Waals surface area contributed by atoms with Gasteiger partial charge in [0.2, 0.25) is 10.0 Å². The first-order chi connectivity index (χ1) is 8.40. The molecule has 0 fully saturated rings. The molecule has 0 aromatic heterocycles. The Balaban J connectivity index is 3.15. The highest BCUT2D eigenvalue weighted by Crippen LogP contribution is 2.17. The fraction of sp³-hybridized carbons (Fsp3) is 0.538. The number of nitrogens with one attached hydrogen (secondary N) is 2. The molecule has 18 heavy (non-hydrogen) atoms. The van der Waals surface area contributed by atoms with Gasteiger partial charge in [0, 0.05) is 12.6 Å². The molecule has 1 aromatic rings. The molecule has 0 bridgehead atoms. The van der Waals surface area contributed by atoms with Crippen molar-refractivity contribution in [2.45, 2.75) is 44.7 Å². The monoisotopic (exact) mass is 270 g/mol. The van der Waals surface area contributed by atoms with Crippen molar-refractivity contribution in [3.05, 3.63) is 29.3 Å². The molecular weight excluding hydrogens is 248 g/mol. The van der Waals surface area contributed by atoms with Gasteiger partial charge >= 0.3 is 0 Å². The topological polar surface area (TPSA) is 58.2 Å². The number of aryl methyl sites for hydroxylation is 1. The number of sulfonamides is 1. The summed E-state index contributed by atoms with van der Waals surface area (Å²) in [6.07, 6.45) is 0.898. The lowest BCUT2D eigenvalue weighted by atomic mass is 10.1. The largest absolute Gasteiger partial charge is 0.316 e. The Kier molecular flexibility index (Phi) is 5.31. The van der Waals surface area contributed by atoms with E-state index in [0.29, 0.717) is 11.4 Å². The van der Waals surface area contributed by atoms with Crippen LogP contribution in [0.5, 0.6) is 0 Å². The molecule has 1 rings (SSSR count). The van der Waals surface area contributed by atoms with E-state index in [1.54, 1.807) is 12.1 Å². The minimum atomic E-state index is -3.40. The van der Waals surface area contributed by atoms with Crippen LogP contribution in [0.4, 0.5) is 0 Å². The maximum absolute atomic E-state index is 12.1. The van der Waals surface area contributed by atoms with Crippen molar-refractivity contribution < 1.29 is 8.42 Å². The van der Waals surface area contributed by atoms with Crippen LogP contribution in [-0.2, 0) is 23.0 Å². The molecule has 102 valence electrons. The first kappa shape index (κ1) is 15.1. The summed E-state index contributed by atoms with van der Waals surface area (Å²) in [7, 11) is -1.55. The molecule has 5 heteroatoms. The minimum Gasteiger partial charge on any atom is -0.316 e. The van der Waals surface area contributed by atoms with Crippen LogP contribution in [0.1, 0.15) is 31.9 Å². The van der Waals surface area contributed by atoms with Crippen LogP contribution in [-0.4, -0.2) is 21.5 Å². The van der Waals surface area contributed by atoms with E-state index in [0.717, 1.165) is 12.0 Å². The van der Waals surface area contributed by atoms with Gasteiger partial charge in [0.1, 0.15) is 0 Å². The van der Waals surface area contributed by atoms with Crippen molar-refractivity contribution in [3.8, 4) is 0 Å². The van der Waals surface area contributed by atoms with Crippen LogP contribution < -0.4 is 10.0 Å². The van der Waals surface area contributed by atoms with Crippen molar-refractivity contribution in [1.82, 2.24) is 10.0 Å². The van der Waals surface area contributed by atoms with E-state index >= 15 is 0 Å². The fourth-order valence-corrected chi connectivity index (χ4v) is 3.15. The highest BCUT2D eigenvalue weighted by atomic mass is 32.2. The lowest BCUT2D eigenvalue weighted by Gasteiger charge is -2.13. The summed E-state index contributed by atoms with van der Waals surface area (Å²) in [4.78, 5) is 0.332. The summed E-state index contributed by atoms with van der Waals surface area (Å²) in [5, 5.41) is 3.06. The lowest BCUT2D eigenvalue weighted by molar-refractivity contribution is 0.569. The maximum atomic E-state index is 12.1. The van der Waals surface area contributed by atoms with Crippen molar-refractivity contribution in [1.29, 1.82) is 0 Å².